The van der Waals surface area contributed by atoms with Crippen molar-refractivity contribution in [2.45, 2.75) is 19.0 Å². The number of fused-ring (bicyclic) bond motifs is 1. The maximum absolute atomic E-state index is 12.7. The lowest BCUT2D eigenvalue weighted by atomic mass is 10.1. The molecule has 26 heavy (non-hydrogen) atoms. The zero-order valence-corrected chi connectivity index (χ0v) is 14.3. The molecule has 0 spiro atoms. The molecule has 1 amide bonds. The summed E-state index contributed by atoms with van der Waals surface area (Å²) in [5.41, 5.74) is 1.25. The van der Waals surface area contributed by atoms with Gasteiger partial charge in [-0.15, -0.1) is 0 Å². The van der Waals surface area contributed by atoms with Crippen LogP contribution in [-0.2, 0) is 6.54 Å². The third-order valence-electron chi connectivity index (χ3n) is 4.77. The first kappa shape index (κ1) is 16.5. The predicted octanol–water partition coefficient (Wildman–Crippen LogP) is 1.93. The Labute approximate surface area is 150 Å². The molecule has 0 bridgehead atoms. The molecule has 2 N–H and O–H groups in total. The number of benzene rings is 2. The number of H-pyrrole nitrogens is 1. The number of hydrogen-bond donors (Lipinski definition) is 2. The van der Waals surface area contributed by atoms with Gasteiger partial charge in [-0.2, -0.15) is 5.10 Å². The minimum absolute atomic E-state index is 0.0821. The second kappa shape index (κ2) is 7.09. The van der Waals surface area contributed by atoms with Gasteiger partial charge in [0.2, 0.25) is 0 Å². The zero-order valence-electron chi connectivity index (χ0n) is 14.3. The third kappa shape index (κ3) is 3.36. The summed E-state index contributed by atoms with van der Waals surface area (Å²) in [6.45, 7) is 2.63. The van der Waals surface area contributed by atoms with Gasteiger partial charge in [-0.1, -0.05) is 48.5 Å². The highest BCUT2D eigenvalue weighted by Crippen LogP contribution is 2.16. The first-order chi connectivity index (χ1) is 12.7. The highest BCUT2D eigenvalue weighted by atomic mass is 16.2. The van der Waals surface area contributed by atoms with Crippen LogP contribution in [-0.4, -0.2) is 40.1 Å². The van der Waals surface area contributed by atoms with Gasteiger partial charge in [0, 0.05) is 31.1 Å². The van der Waals surface area contributed by atoms with Gasteiger partial charge < -0.3 is 5.32 Å². The summed E-state index contributed by atoms with van der Waals surface area (Å²) in [6.07, 6.45) is 0.903. The smallest absolute Gasteiger partial charge is 0.272 e. The quantitative estimate of drug-likeness (QED) is 0.755. The summed E-state index contributed by atoms with van der Waals surface area (Å²) in [5.74, 6) is -0.246. The molecule has 4 rings (SSSR count). The Morgan fingerprint density at radius 3 is 2.65 bits per heavy atom. The molecule has 1 atom stereocenters. The van der Waals surface area contributed by atoms with Crippen molar-refractivity contribution in [3.63, 3.8) is 0 Å². The molecular formula is C20H20N4O2. The van der Waals surface area contributed by atoms with Crippen molar-refractivity contribution in [2.75, 3.05) is 13.1 Å². The van der Waals surface area contributed by atoms with Crippen LogP contribution in [0.2, 0.25) is 0 Å². The van der Waals surface area contributed by atoms with E-state index in [1.165, 1.54) is 5.56 Å². The van der Waals surface area contributed by atoms with Crippen LogP contribution in [0.25, 0.3) is 10.8 Å². The lowest BCUT2D eigenvalue weighted by Gasteiger charge is -2.17. The average Bonchev–Trinajstić information content (AvgIpc) is 3.10. The molecule has 0 unspecified atom stereocenters. The largest absolute Gasteiger partial charge is 0.347 e. The number of carbonyl (C=O) groups excluding carboxylic acids is 1. The Kier molecular flexibility index (Phi) is 4.50. The lowest BCUT2D eigenvalue weighted by molar-refractivity contribution is 0.0933. The van der Waals surface area contributed by atoms with Gasteiger partial charge in [0.05, 0.1) is 5.39 Å². The number of likely N-dealkylation sites (tertiary alicyclic amines) is 1. The van der Waals surface area contributed by atoms with Gasteiger partial charge in [-0.25, -0.2) is 5.10 Å². The van der Waals surface area contributed by atoms with Crippen molar-refractivity contribution < 1.29 is 4.79 Å². The lowest BCUT2D eigenvalue weighted by Crippen LogP contribution is -2.38. The van der Waals surface area contributed by atoms with Crippen LogP contribution in [0.1, 0.15) is 22.5 Å². The SMILES string of the molecule is O=C(N[C@@H]1CCN(Cc2ccccc2)C1)c1n[nH]c(=O)c2ccccc12. The monoisotopic (exact) mass is 348 g/mol. The molecule has 3 aromatic rings. The Morgan fingerprint density at radius 2 is 1.85 bits per heavy atom. The topological polar surface area (TPSA) is 78.1 Å². The molecule has 2 aromatic carbocycles. The van der Waals surface area contributed by atoms with Crippen LogP contribution in [0, 0.1) is 0 Å². The average molecular weight is 348 g/mol. The maximum atomic E-state index is 12.7. The highest BCUT2D eigenvalue weighted by molar-refractivity contribution is 6.04. The molecule has 2 heterocycles. The van der Waals surface area contributed by atoms with E-state index in [0.717, 1.165) is 26.1 Å². The fourth-order valence-corrected chi connectivity index (χ4v) is 3.48. The fraction of sp³-hybridized carbons (Fsp3) is 0.250. The third-order valence-corrected chi connectivity index (χ3v) is 4.77. The Morgan fingerprint density at radius 1 is 1.12 bits per heavy atom. The van der Waals surface area contributed by atoms with Crippen molar-refractivity contribution in [1.82, 2.24) is 20.4 Å². The molecule has 1 saturated heterocycles. The second-order valence-electron chi connectivity index (χ2n) is 6.63. The van der Waals surface area contributed by atoms with Crippen molar-refractivity contribution in [2.24, 2.45) is 0 Å². The summed E-state index contributed by atoms with van der Waals surface area (Å²) >= 11 is 0. The van der Waals surface area contributed by atoms with Crippen LogP contribution in [0.4, 0.5) is 0 Å². The van der Waals surface area contributed by atoms with Crippen molar-refractivity contribution in [1.29, 1.82) is 0 Å². The zero-order chi connectivity index (χ0) is 17.9. The molecule has 6 heteroatoms. The Bertz CT molecular complexity index is 984. The Hall–Kier alpha value is -2.99. The van der Waals surface area contributed by atoms with E-state index >= 15 is 0 Å². The number of amides is 1. The number of nitrogens with zero attached hydrogens (tertiary/aromatic N) is 2. The number of aromatic nitrogens is 2. The van der Waals surface area contributed by atoms with Crippen molar-refractivity contribution >= 4 is 16.7 Å². The minimum Gasteiger partial charge on any atom is -0.347 e. The van der Waals surface area contributed by atoms with Crippen LogP contribution >= 0.6 is 0 Å². The fourth-order valence-electron chi connectivity index (χ4n) is 3.48. The van der Waals surface area contributed by atoms with Crippen molar-refractivity contribution in [3.05, 3.63) is 76.2 Å². The molecule has 1 aromatic heterocycles. The first-order valence-electron chi connectivity index (χ1n) is 8.75. The van der Waals surface area contributed by atoms with Crippen LogP contribution < -0.4 is 10.9 Å². The van der Waals surface area contributed by atoms with Gasteiger partial charge in [0.15, 0.2) is 5.69 Å². The summed E-state index contributed by atoms with van der Waals surface area (Å²) in [6, 6.07) is 17.4. The molecule has 6 nitrogen and oxygen atoms in total. The molecular weight excluding hydrogens is 328 g/mol. The van der Waals surface area contributed by atoms with Gasteiger partial charge in [0.1, 0.15) is 0 Å². The Balaban J connectivity index is 1.45. The standard InChI is InChI=1S/C20H20N4O2/c25-19-17-9-5-4-8-16(17)18(22-23-19)20(26)21-15-10-11-24(13-15)12-14-6-2-1-3-7-14/h1-9,15H,10-13H2,(H,21,26)(H,23,25)/t15-/m1/s1. The number of hydrogen-bond acceptors (Lipinski definition) is 4. The summed E-state index contributed by atoms with van der Waals surface area (Å²) in [4.78, 5) is 26.9. The number of carbonyl (C=O) groups is 1. The van der Waals surface area contributed by atoms with E-state index in [9.17, 15) is 9.59 Å². The first-order valence-corrected chi connectivity index (χ1v) is 8.75. The predicted molar refractivity (Wildman–Crippen MR) is 100.0 cm³/mol. The van der Waals surface area contributed by atoms with E-state index in [0.29, 0.717) is 10.8 Å². The van der Waals surface area contributed by atoms with Crippen LogP contribution in [0.5, 0.6) is 0 Å². The van der Waals surface area contributed by atoms with Crippen LogP contribution in [0.3, 0.4) is 0 Å². The van der Waals surface area contributed by atoms with Crippen LogP contribution in [0.15, 0.2) is 59.4 Å². The van der Waals surface area contributed by atoms with E-state index in [4.69, 9.17) is 0 Å². The molecule has 1 aliphatic heterocycles. The van der Waals surface area contributed by atoms with E-state index < -0.39 is 0 Å². The minimum atomic E-state index is -0.285. The van der Waals surface area contributed by atoms with E-state index in [2.05, 4.69) is 32.5 Å². The van der Waals surface area contributed by atoms with E-state index in [1.807, 2.05) is 18.2 Å². The van der Waals surface area contributed by atoms with E-state index in [-0.39, 0.29) is 23.2 Å². The molecule has 0 radical (unpaired) electrons. The second-order valence-corrected chi connectivity index (χ2v) is 6.63. The summed E-state index contributed by atoms with van der Waals surface area (Å²) in [5, 5.41) is 10.5. The molecule has 0 aliphatic carbocycles. The highest BCUT2D eigenvalue weighted by Gasteiger charge is 2.25. The maximum Gasteiger partial charge on any atom is 0.272 e. The number of rotatable bonds is 4. The summed E-state index contributed by atoms with van der Waals surface area (Å²) in [7, 11) is 0. The number of nitrogens with one attached hydrogen (secondary N) is 2. The summed E-state index contributed by atoms with van der Waals surface area (Å²) < 4.78 is 0. The number of aromatic amines is 1. The van der Waals surface area contributed by atoms with Gasteiger partial charge in [-0.05, 0) is 18.1 Å². The van der Waals surface area contributed by atoms with Crippen molar-refractivity contribution in [3.8, 4) is 0 Å². The normalized spacial score (nSPS) is 17.5. The van der Waals surface area contributed by atoms with Gasteiger partial charge >= 0.3 is 0 Å². The molecule has 132 valence electrons. The van der Waals surface area contributed by atoms with E-state index in [1.54, 1.807) is 24.3 Å². The molecule has 0 saturated carbocycles. The van der Waals surface area contributed by atoms with Gasteiger partial charge in [-0.3, -0.25) is 14.5 Å². The molecule has 1 fully saturated rings. The van der Waals surface area contributed by atoms with Gasteiger partial charge in [0.25, 0.3) is 11.5 Å². The molecule has 1 aliphatic rings.